The minimum absolute atomic E-state index is 0.420. The first-order chi connectivity index (χ1) is 6.81. The number of tetrazole rings is 1. The quantitative estimate of drug-likeness (QED) is 0.774. The van der Waals surface area contributed by atoms with E-state index >= 15 is 0 Å². The van der Waals surface area contributed by atoms with E-state index in [1.165, 1.54) is 25.7 Å². The van der Waals surface area contributed by atoms with E-state index in [1.807, 2.05) is 0 Å². The van der Waals surface area contributed by atoms with Gasteiger partial charge in [0.05, 0.1) is 6.04 Å². The molecule has 0 radical (unpaired) electrons. The lowest BCUT2D eigenvalue weighted by Crippen LogP contribution is -2.21. The number of nitrogen functional groups attached to an aromatic ring is 1. The average molecular weight is 195 g/mol. The third kappa shape index (κ3) is 1.71. The molecule has 2 N–H and O–H groups in total. The fraction of sp³-hybridized carbons (Fsp3) is 0.889. The van der Waals surface area contributed by atoms with Crippen molar-refractivity contribution in [1.29, 1.82) is 0 Å². The smallest absolute Gasteiger partial charge is 0.240 e. The zero-order chi connectivity index (χ0) is 9.97. The van der Waals surface area contributed by atoms with E-state index in [4.69, 9.17) is 5.73 Å². The predicted molar refractivity (Wildman–Crippen MR) is 53.5 cm³/mol. The normalized spacial score (nSPS) is 27.8. The van der Waals surface area contributed by atoms with E-state index in [2.05, 4.69) is 22.4 Å². The highest BCUT2D eigenvalue weighted by Crippen LogP contribution is 2.34. The number of hydrogen-bond acceptors (Lipinski definition) is 4. The Labute approximate surface area is 83.7 Å². The highest BCUT2D eigenvalue weighted by Gasteiger charge is 2.24. The molecule has 0 aliphatic heterocycles. The lowest BCUT2D eigenvalue weighted by molar-refractivity contribution is 0.247. The van der Waals surface area contributed by atoms with Crippen molar-refractivity contribution in [1.82, 2.24) is 20.2 Å². The third-order valence-electron chi connectivity index (χ3n) is 3.20. The second kappa shape index (κ2) is 3.94. The molecule has 2 atom stereocenters. The van der Waals surface area contributed by atoms with Crippen LogP contribution in [-0.2, 0) is 0 Å². The van der Waals surface area contributed by atoms with Gasteiger partial charge >= 0.3 is 0 Å². The maximum Gasteiger partial charge on any atom is 0.240 e. The largest absolute Gasteiger partial charge is 0.367 e. The lowest BCUT2D eigenvalue weighted by atomic mass is 9.84. The molecular formula is C9H17N5. The molecule has 0 saturated heterocycles. The zero-order valence-electron chi connectivity index (χ0n) is 8.56. The summed E-state index contributed by atoms with van der Waals surface area (Å²) in [5.74, 6) is 1.27. The molecule has 1 saturated carbocycles. The van der Waals surface area contributed by atoms with Gasteiger partial charge in [0, 0.05) is 0 Å². The lowest BCUT2D eigenvalue weighted by Gasteiger charge is -2.28. The highest BCUT2D eigenvalue weighted by molar-refractivity contribution is 5.11. The number of nitrogens with zero attached hydrogens (tertiary/aromatic N) is 4. The van der Waals surface area contributed by atoms with Gasteiger partial charge in [-0.15, -0.1) is 0 Å². The summed E-state index contributed by atoms with van der Waals surface area (Å²) in [4.78, 5) is 0. The highest BCUT2D eigenvalue weighted by atomic mass is 15.6. The van der Waals surface area contributed by atoms with E-state index < -0.39 is 0 Å². The number of anilines is 1. The van der Waals surface area contributed by atoms with Crippen LogP contribution >= 0.6 is 0 Å². The summed E-state index contributed by atoms with van der Waals surface area (Å²) in [5, 5.41) is 11.2. The van der Waals surface area contributed by atoms with Crippen molar-refractivity contribution in [3.63, 3.8) is 0 Å². The van der Waals surface area contributed by atoms with Crippen LogP contribution < -0.4 is 5.73 Å². The maximum atomic E-state index is 5.69. The molecule has 1 aliphatic rings. The Morgan fingerprint density at radius 2 is 2.36 bits per heavy atom. The van der Waals surface area contributed by atoms with Crippen LogP contribution in [-0.4, -0.2) is 20.2 Å². The van der Waals surface area contributed by atoms with Gasteiger partial charge in [0.1, 0.15) is 0 Å². The van der Waals surface area contributed by atoms with Crippen LogP contribution in [0.2, 0.25) is 0 Å². The Balaban J connectivity index is 2.08. The van der Waals surface area contributed by atoms with Crippen molar-refractivity contribution in [2.24, 2.45) is 5.92 Å². The Bertz CT molecular complexity index is 295. The van der Waals surface area contributed by atoms with Gasteiger partial charge in [-0.3, -0.25) is 0 Å². The van der Waals surface area contributed by atoms with Crippen LogP contribution in [0.4, 0.5) is 5.95 Å². The second-order valence-electron chi connectivity index (χ2n) is 4.08. The van der Waals surface area contributed by atoms with Crippen LogP contribution in [0.25, 0.3) is 0 Å². The van der Waals surface area contributed by atoms with Crippen molar-refractivity contribution in [2.75, 3.05) is 5.73 Å². The van der Waals surface area contributed by atoms with E-state index in [-0.39, 0.29) is 0 Å². The van der Waals surface area contributed by atoms with Gasteiger partial charge in [-0.1, -0.05) is 31.3 Å². The summed E-state index contributed by atoms with van der Waals surface area (Å²) in [6.45, 7) is 2.25. The zero-order valence-corrected chi connectivity index (χ0v) is 8.56. The van der Waals surface area contributed by atoms with E-state index in [0.29, 0.717) is 12.0 Å². The minimum Gasteiger partial charge on any atom is -0.367 e. The average Bonchev–Trinajstić information content (AvgIpc) is 2.65. The molecule has 0 amide bonds. The minimum atomic E-state index is 0.420. The fourth-order valence-electron chi connectivity index (χ4n) is 2.32. The van der Waals surface area contributed by atoms with E-state index in [9.17, 15) is 0 Å². The van der Waals surface area contributed by atoms with Crippen LogP contribution in [0.3, 0.4) is 0 Å². The van der Waals surface area contributed by atoms with Gasteiger partial charge in [0.15, 0.2) is 0 Å². The Hall–Kier alpha value is -1.13. The van der Waals surface area contributed by atoms with Crippen molar-refractivity contribution in [3.05, 3.63) is 0 Å². The Morgan fingerprint density at radius 3 is 3.00 bits per heavy atom. The number of aromatic nitrogens is 4. The molecule has 0 aromatic carbocycles. The SMILES string of the molecule is CCC1CCCC(n2nnnc2N)C1. The van der Waals surface area contributed by atoms with E-state index in [0.717, 1.165) is 12.3 Å². The molecule has 1 heterocycles. The van der Waals surface area contributed by atoms with Crippen molar-refractivity contribution in [3.8, 4) is 0 Å². The second-order valence-corrected chi connectivity index (χ2v) is 4.08. The van der Waals surface area contributed by atoms with E-state index in [1.54, 1.807) is 4.68 Å². The Kier molecular flexibility index (Phi) is 2.65. The number of rotatable bonds is 2. The summed E-state index contributed by atoms with van der Waals surface area (Å²) in [7, 11) is 0. The van der Waals surface area contributed by atoms with Crippen LogP contribution in [0.15, 0.2) is 0 Å². The summed E-state index contributed by atoms with van der Waals surface area (Å²) < 4.78 is 1.78. The molecule has 1 aromatic rings. The van der Waals surface area contributed by atoms with Gasteiger partial charge in [0.2, 0.25) is 5.95 Å². The Morgan fingerprint density at radius 1 is 1.50 bits per heavy atom. The molecule has 78 valence electrons. The van der Waals surface area contributed by atoms with Gasteiger partial charge in [-0.2, -0.15) is 0 Å². The summed E-state index contributed by atoms with van der Waals surface area (Å²) in [6, 6.07) is 0.420. The summed E-state index contributed by atoms with van der Waals surface area (Å²) in [6.07, 6.45) is 6.19. The molecule has 1 aromatic heterocycles. The molecule has 1 aliphatic carbocycles. The predicted octanol–water partition coefficient (Wildman–Crippen LogP) is 1.40. The molecule has 0 spiro atoms. The maximum absolute atomic E-state index is 5.69. The van der Waals surface area contributed by atoms with Gasteiger partial charge in [-0.25, -0.2) is 4.68 Å². The van der Waals surface area contributed by atoms with Crippen molar-refractivity contribution >= 4 is 5.95 Å². The molecule has 0 bridgehead atoms. The van der Waals surface area contributed by atoms with Crippen LogP contribution in [0.1, 0.15) is 45.1 Å². The molecule has 2 rings (SSSR count). The first kappa shape index (κ1) is 9.43. The van der Waals surface area contributed by atoms with Gasteiger partial charge < -0.3 is 5.73 Å². The number of nitrogens with two attached hydrogens (primary N) is 1. The van der Waals surface area contributed by atoms with Gasteiger partial charge in [-0.05, 0) is 29.2 Å². The monoisotopic (exact) mass is 195 g/mol. The summed E-state index contributed by atoms with van der Waals surface area (Å²) in [5.41, 5.74) is 5.69. The van der Waals surface area contributed by atoms with Crippen molar-refractivity contribution < 1.29 is 0 Å². The molecular weight excluding hydrogens is 178 g/mol. The van der Waals surface area contributed by atoms with Crippen molar-refractivity contribution in [2.45, 2.75) is 45.1 Å². The third-order valence-corrected chi connectivity index (χ3v) is 3.20. The first-order valence-electron chi connectivity index (χ1n) is 5.34. The van der Waals surface area contributed by atoms with Crippen LogP contribution in [0, 0.1) is 5.92 Å². The number of hydrogen-bond donors (Lipinski definition) is 1. The molecule has 5 nitrogen and oxygen atoms in total. The molecule has 2 unspecified atom stereocenters. The summed E-state index contributed by atoms with van der Waals surface area (Å²) >= 11 is 0. The topological polar surface area (TPSA) is 69.6 Å². The first-order valence-corrected chi connectivity index (χ1v) is 5.34. The van der Waals surface area contributed by atoms with Gasteiger partial charge in [0.25, 0.3) is 0 Å². The molecule has 14 heavy (non-hydrogen) atoms. The standard InChI is InChI=1S/C9H17N5/c1-2-7-4-3-5-8(6-7)14-9(10)11-12-13-14/h7-8H,2-6H2,1H3,(H2,10,11,13). The fourth-order valence-corrected chi connectivity index (χ4v) is 2.32. The molecule has 5 heteroatoms. The van der Waals surface area contributed by atoms with Crippen LogP contribution in [0.5, 0.6) is 0 Å². The molecule has 1 fully saturated rings.